The number of rotatable bonds is 3. The average Bonchev–Trinajstić information content (AvgIpc) is 2.60. The van der Waals surface area contributed by atoms with Gasteiger partial charge >= 0.3 is 0 Å². The number of anilines is 1. The molecule has 66 valence electrons. The molecule has 5 heteroatoms. The van der Waals surface area contributed by atoms with Crippen molar-refractivity contribution in [3.8, 4) is 0 Å². The van der Waals surface area contributed by atoms with Gasteiger partial charge in [0, 0.05) is 6.54 Å². The highest BCUT2D eigenvalue weighted by atomic mass is 79.9. The molecule has 0 aliphatic heterocycles. The fourth-order valence-corrected chi connectivity index (χ4v) is 1.96. The minimum atomic E-state index is 0.526. The van der Waals surface area contributed by atoms with E-state index in [0.29, 0.717) is 5.41 Å². The zero-order valence-corrected chi connectivity index (χ0v) is 9.20. The number of halogens is 1. The van der Waals surface area contributed by atoms with Crippen LogP contribution in [0, 0.1) is 5.41 Å². The SMILES string of the molecule is CC1(CNc2nnc(Br)s2)CC1. The molecular formula is C7H10BrN3S. The van der Waals surface area contributed by atoms with Gasteiger partial charge in [0.2, 0.25) is 5.13 Å². The number of nitrogens with one attached hydrogen (secondary N) is 1. The van der Waals surface area contributed by atoms with Crippen molar-refractivity contribution in [1.29, 1.82) is 0 Å². The Morgan fingerprint density at radius 3 is 2.83 bits per heavy atom. The van der Waals surface area contributed by atoms with E-state index in [1.54, 1.807) is 0 Å². The Balaban J connectivity index is 1.87. The van der Waals surface area contributed by atoms with E-state index < -0.39 is 0 Å². The van der Waals surface area contributed by atoms with Crippen LogP contribution in [0.2, 0.25) is 0 Å². The molecule has 0 unspecified atom stereocenters. The fraction of sp³-hybridized carbons (Fsp3) is 0.714. The van der Waals surface area contributed by atoms with Crippen LogP contribution in [0.1, 0.15) is 19.8 Å². The largest absolute Gasteiger partial charge is 0.360 e. The molecule has 1 aromatic heterocycles. The predicted octanol–water partition coefficient (Wildman–Crippen LogP) is 2.51. The van der Waals surface area contributed by atoms with Crippen molar-refractivity contribution in [2.75, 3.05) is 11.9 Å². The summed E-state index contributed by atoms with van der Waals surface area (Å²) in [6.07, 6.45) is 2.67. The van der Waals surface area contributed by atoms with Gasteiger partial charge in [-0.15, -0.1) is 10.2 Å². The first-order chi connectivity index (χ1) is 5.68. The van der Waals surface area contributed by atoms with Crippen LogP contribution in [0.4, 0.5) is 5.13 Å². The molecule has 0 spiro atoms. The van der Waals surface area contributed by atoms with Crippen molar-refractivity contribution < 1.29 is 0 Å². The molecule has 0 amide bonds. The standard InChI is InChI=1S/C7H10BrN3S/c1-7(2-3-7)4-9-6-11-10-5(8)12-6/h2-4H2,1H3,(H,9,11). The van der Waals surface area contributed by atoms with E-state index in [9.17, 15) is 0 Å². The van der Waals surface area contributed by atoms with Gasteiger partial charge in [0.15, 0.2) is 3.92 Å². The highest BCUT2D eigenvalue weighted by Crippen LogP contribution is 2.44. The second-order valence-corrected chi connectivity index (χ2v) is 5.78. The number of hydrogen-bond donors (Lipinski definition) is 1. The van der Waals surface area contributed by atoms with Gasteiger partial charge in [-0.2, -0.15) is 0 Å². The molecule has 0 aromatic carbocycles. The van der Waals surface area contributed by atoms with Gasteiger partial charge in [-0.25, -0.2) is 0 Å². The maximum atomic E-state index is 3.96. The van der Waals surface area contributed by atoms with Crippen molar-refractivity contribution in [2.45, 2.75) is 19.8 Å². The summed E-state index contributed by atoms with van der Waals surface area (Å²) < 4.78 is 0.839. The second-order valence-electron chi connectivity index (χ2n) is 3.52. The molecule has 1 N–H and O–H groups in total. The Morgan fingerprint density at radius 1 is 1.58 bits per heavy atom. The number of aromatic nitrogens is 2. The van der Waals surface area contributed by atoms with Crippen LogP contribution >= 0.6 is 27.3 Å². The zero-order valence-electron chi connectivity index (χ0n) is 6.80. The van der Waals surface area contributed by atoms with Gasteiger partial charge in [-0.3, -0.25) is 0 Å². The van der Waals surface area contributed by atoms with Crippen molar-refractivity contribution >= 4 is 32.4 Å². The maximum Gasteiger partial charge on any atom is 0.206 e. The zero-order chi connectivity index (χ0) is 8.60. The number of hydrogen-bond acceptors (Lipinski definition) is 4. The molecule has 1 aromatic rings. The van der Waals surface area contributed by atoms with Crippen molar-refractivity contribution in [3.63, 3.8) is 0 Å². The lowest BCUT2D eigenvalue weighted by Crippen LogP contribution is -2.11. The fourth-order valence-electron chi connectivity index (χ4n) is 0.956. The van der Waals surface area contributed by atoms with Crippen LogP contribution in [0.25, 0.3) is 0 Å². The van der Waals surface area contributed by atoms with Crippen LogP contribution < -0.4 is 5.32 Å². The Labute approximate surface area is 83.7 Å². The first-order valence-corrected chi connectivity index (χ1v) is 5.52. The summed E-state index contributed by atoms with van der Waals surface area (Å²) in [7, 11) is 0. The summed E-state index contributed by atoms with van der Waals surface area (Å²) in [6, 6.07) is 0. The number of nitrogens with zero attached hydrogens (tertiary/aromatic N) is 2. The first kappa shape index (κ1) is 8.44. The van der Waals surface area contributed by atoms with E-state index in [4.69, 9.17) is 0 Å². The Morgan fingerprint density at radius 2 is 2.33 bits per heavy atom. The molecule has 0 saturated heterocycles. The van der Waals surface area contributed by atoms with Crippen molar-refractivity contribution in [1.82, 2.24) is 10.2 Å². The normalized spacial score (nSPS) is 19.2. The van der Waals surface area contributed by atoms with Crippen LogP contribution in [0.15, 0.2) is 3.92 Å². The second kappa shape index (κ2) is 2.96. The van der Waals surface area contributed by atoms with Crippen LogP contribution in [0.5, 0.6) is 0 Å². The predicted molar refractivity (Wildman–Crippen MR) is 53.4 cm³/mol. The van der Waals surface area contributed by atoms with Crippen molar-refractivity contribution in [3.05, 3.63) is 3.92 Å². The molecular weight excluding hydrogens is 238 g/mol. The summed E-state index contributed by atoms with van der Waals surface area (Å²) in [6.45, 7) is 3.31. The van der Waals surface area contributed by atoms with E-state index in [1.807, 2.05) is 0 Å². The molecule has 0 atom stereocenters. The third kappa shape index (κ3) is 1.95. The highest BCUT2D eigenvalue weighted by Gasteiger charge is 2.36. The molecule has 1 aliphatic rings. The molecule has 3 nitrogen and oxygen atoms in total. The monoisotopic (exact) mass is 247 g/mol. The third-order valence-electron chi connectivity index (χ3n) is 2.17. The van der Waals surface area contributed by atoms with Gasteiger partial charge < -0.3 is 5.32 Å². The van der Waals surface area contributed by atoms with Crippen LogP contribution in [0.3, 0.4) is 0 Å². The molecule has 0 radical (unpaired) electrons. The average molecular weight is 248 g/mol. The van der Waals surface area contributed by atoms with E-state index in [0.717, 1.165) is 15.6 Å². The van der Waals surface area contributed by atoms with Gasteiger partial charge in [0.05, 0.1) is 0 Å². The summed E-state index contributed by atoms with van der Waals surface area (Å²) in [4.78, 5) is 0. The summed E-state index contributed by atoms with van der Waals surface area (Å²) in [5.41, 5.74) is 0.526. The third-order valence-corrected chi connectivity index (χ3v) is 3.48. The van der Waals surface area contributed by atoms with E-state index >= 15 is 0 Å². The molecule has 1 saturated carbocycles. The van der Waals surface area contributed by atoms with Crippen molar-refractivity contribution in [2.24, 2.45) is 5.41 Å². The summed E-state index contributed by atoms with van der Waals surface area (Å²) >= 11 is 4.81. The minimum Gasteiger partial charge on any atom is -0.360 e. The van der Waals surface area contributed by atoms with Gasteiger partial charge in [0.25, 0.3) is 0 Å². The molecule has 12 heavy (non-hydrogen) atoms. The lowest BCUT2D eigenvalue weighted by molar-refractivity contribution is 0.610. The Hall–Kier alpha value is -0.160. The van der Waals surface area contributed by atoms with Gasteiger partial charge in [0.1, 0.15) is 0 Å². The summed E-state index contributed by atoms with van der Waals surface area (Å²) in [5, 5.41) is 12.0. The lowest BCUT2D eigenvalue weighted by Gasteiger charge is -2.06. The Bertz CT molecular complexity index is 282. The van der Waals surface area contributed by atoms with Gasteiger partial charge in [-0.1, -0.05) is 18.3 Å². The lowest BCUT2D eigenvalue weighted by atomic mass is 10.1. The van der Waals surface area contributed by atoms with E-state index in [-0.39, 0.29) is 0 Å². The first-order valence-electron chi connectivity index (χ1n) is 3.91. The molecule has 1 fully saturated rings. The molecule has 1 heterocycles. The van der Waals surface area contributed by atoms with Gasteiger partial charge in [-0.05, 0) is 34.2 Å². The quantitative estimate of drug-likeness (QED) is 0.893. The van der Waals surface area contributed by atoms with E-state index in [2.05, 4.69) is 38.4 Å². The van der Waals surface area contributed by atoms with Crippen LogP contribution in [-0.4, -0.2) is 16.7 Å². The Kier molecular flexibility index (Phi) is 2.08. The highest BCUT2D eigenvalue weighted by molar-refractivity contribution is 9.11. The summed E-state index contributed by atoms with van der Waals surface area (Å²) in [5.74, 6) is 0. The molecule has 0 bridgehead atoms. The molecule has 2 rings (SSSR count). The minimum absolute atomic E-state index is 0.526. The molecule has 1 aliphatic carbocycles. The van der Waals surface area contributed by atoms with Crippen LogP contribution in [-0.2, 0) is 0 Å². The maximum absolute atomic E-state index is 3.96. The topological polar surface area (TPSA) is 37.8 Å². The smallest absolute Gasteiger partial charge is 0.206 e. The van der Waals surface area contributed by atoms with E-state index in [1.165, 1.54) is 24.2 Å².